The molecule has 8 nitrogen and oxygen atoms in total. The average molecular weight is 638 g/mol. The van der Waals surface area contributed by atoms with E-state index >= 15 is 0 Å². The number of carbonyl (C=O) groups excluding carboxylic acids is 1. The zero-order valence-electron chi connectivity index (χ0n) is 23.3. The maximum atomic E-state index is 13.2. The number of nitrogens with two attached hydrogens (primary N) is 1. The van der Waals surface area contributed by atoms with Crippen LogP contribution in [0.3, 0.4) is 0 Å². The number of hydrogen-bond acceptors (Lipinski definition) is 6. The monoisotopic (exact) mass is 637 g/mol. The molecule has 0 aliphatic carbocycles. The number of hydrogen-bond donors (Lipinski definition) is 3. The third-order valence-corrected chi connectivity index (χ3v) is 5.72. The van der Waals surface area contributed by atoms with Crippen molar-refractivity contribution in [3.8, 4) is 0 Å². The summed E-state index contributed by atoms with van der Waals surface area (Å²) in [6.45, 7) is 0.744. The number of aromatic nitrogens is 3. The summed E-state index contributed by atoms with van der Waals surface area (Å²) in [7, 11) is 0. The number of aromatic amines is 1. The number of alkyl halides is 6. The minimum absolute atomic E-state index is 0.0648. The Labute approximate surface area is 247 Å². The molecule has 0 bridgehead atoms. The number of aromatic carboxylic acids is 1. The van der Waals surface area contributed by atoms with Gasteiger partial charge in [0.15, 0.2) is 5.69 Å². The molecule has 1 aromatic heterocycles. The molecule has 1 heterocycles. The van der Waals surface area contributed by atoms with Crippen molar-refractivity contribution in [3.63, 3.8) is 0 Å². The molecule has 0 saturated carbocycles. The normalized spacial score (nSPS) is 11.0. The number of benzene rings is 2. The molecule has 0 unspecified atom stereocenters. The lowest BCUT2D eigenvalue weighted by molar-refractivity contribution is -0.138. The molecule has 242 valence electrons. The quantitative estimate of drug-likeness (QED) is 0.0804. The van der Waals surface area contributed by atoms with Crippen LogP contribution in [0.2, 0.25) is 0 Å². The maximum absolute atomic E-state index is 13.2. The number of carboxylic acid groups (broad SMARTS) is 1. The topological polar surface area (TPSA) is 134 Å². The van der Waals surface area contributed by atoms with Crippen molar-refractivity contribution in [1.82, 2.24) is 15.4 Å². The smallest absolute Gasteiger partial charge is 0.416 e. The second-order valence-electron chi connectivity index (χ2n) is 9.27. The predicted molar refractivity (Wildman–Crippen MR) is 144 cm³/mol. The van der Waals surface area contributed by atoms with Crippen LogP contribution < -0.4 is 5.73 Å². The van der Waals surface area contributed by atoms with Crippen LogP contribution in [0.25, 0.3) is 0 Å². The zero-order valence-corrected chi connectivity index (χ0v) is 23.3. The number of rotatable bonds is 12. The highest BCUT2D eigenvalue weighted by molar-refractivity contribution is 5.84. The molecule has 0 radical (unpaired) electrons. The van der Waals surface area contributed by atoms with Gasteiger partial charge in [0, 0.05) is 6.07 Å². The SMILES string of the molecule is NCCCCCCCCCCc1cc(F)cc(C(F)(F)F)c1.O=C(O)c1cn[nH]n1.O=C=Nc1cc(F)cc(C(F)(F)F)c1. The molecule has 16 heteroatoms. The van der Waals surface area contributed by atoms with Crippen LogP contribution >= 0.6 is 0 Å². The lowest BCUT2D eigenvalue weighted by Crippen LogP contribution is -2.06. The first-order valence-corrected chi connectivity index (χ1v) is 13.3. The van der Waals surface area contributed by atoms with E-state index < -0.39 is 46.8 Å². The van der Waals surface area contributed by atoms with Gasteiger partial charge in [-0.2, -0.15) is 41.6 Å². The van der Waals surface area contributed by atoms with E-state index in [1.54, 1.807) is 0 Å². The third kappa shape index (κ3) is 15.9. The number of aryl methyl sites for hydroxylation is 1. The largest absolute Gasteiger partial charge is 0.476 e. The zero-order chi connectivity index (χ0) is 33.2. The molecule has 0 fully saturated rings. The molecule has 4 N–H and O–H groups in total. The van der Waals surface area contributed by atoms with E-state index in [0.717, 1.165) is 57.0 Å². The molecule has 2 aromatic carbocycles. The third-order valence-electron chi connectivity index (χ3n) is 5.72. The Kier molecular flexibility index (Phi) is 16.5. The second kappa shape index (κ2) is 19.2. The highest BCUT2D eigenvalue weighted by Gasteiger charge is 2.32. The summed E-state index contributed by atoms with van der Waals surface area (Å²) in [6.07, 6.45) is 2.11. The number of nitrogens with one attached hydrogen (secondary N) is 1. The predicted octanol–water partition coefficient (Wildman–Crippen LogP) is 7.78. The second-order valence-corrected chi connectivity index (χ2v) is 9.27. The molecule has 0 spiro atoms. The van der Waals surface area contributed by atoms with Crippen LogP contribution in [0.4, 0.5) is 40.8 Å². The summed E-state index contributed by atoms with van der Waals surface area (Å²) in [5, 5.41) is 16.9. The van der Waals surface area contributed by atoms with Crippen molar-refractivity contribution in [2.45, 2.75) is 70.1 Å². The molecule has 44 heavy (non-hydrogen) atoms. The van der Waals surface area contributed by atoms with Crippen molar-refractivity contribution in [3.05, 3.63) is 76.6 Å². The van der Waals surface area contributed by atoms with E-state index in [2.05, 4.69) is 20.4 Å². The number of carbonyl (C=O) groups is 1. The van der Waals surface area contributed by atoms with E-state index in [4.69, 9.17) is 10.8 Å². The Morgan fingerprint density at radius 2 is 1.34 bits per heavy atom. The number of H-pyrrole nitrogens is 1. The lowest BCUT2D eigenvalue weighted by Gasteiger charge is -2.09. The van der Waals surface area contributed by atoms with E-state index in [0.29, 0.717) is 36.2 Å². The van der Waals surface area contributed by atoms with E-state index in [1.807, 2.05) is 0 Å². The van der Waals surface area contributed by atoms with Gasteiger partial charge in [0.2, 0.25) is 6.08 Å². The molecular weight excluding hydrogens is 606 g/mol. The summed E-state index contributed by atoms with van der Waals surface area (Å²) < 4.78 is 99.8. The van der Waals surface area contributed by atoms with Gasteiger partial charge in [-0.3, -0.25) is 0 Å². The summed E-state index contributed by atoms with van der Waals surface area (Å²) >= 11 is 0. The number of carboxylic acids is 1. The number of halogens is 8. The first-order valence-electron chi connectivity index (χ1n) is 13.3. The average Bonchev–Trinajstić information content (AvgIpc) is 3.47. The molecular formula is C28H31F8N5O3. The van der Waals surface area contributed by atoms with Crippen LogP contribution in [0, 0.1) is 11.6 Å². The van der Waals surface area contributed by atoms with Crippen LogP contribution in [0.5, 0.6) is 0 Å². The maximum Gasteiger partial charge on any atom is 0.416 e. The first kappa shape index (κ1) is 37.9. The highest BCUT2D eigenvalue weighted by atomic mass is 19.4. The van der Waals surface area contributed by atoms with Crippen LogP contribution in [-0.2, 0) is 23.6 Å². The Balaban J connectivity index is 0.000000372. The van der Waals surface area contributed by atoms with E-state index in [9.17, 15) is 44.7 Å². The molecule has 0 amide bonds. The molecule has 0 aliphatic heterocycles. The van der Waals surface area contributed by atoms with Crippen LogP contribution in [0.15, 0.2) is 47.6 Å². The van der Waals surface area contributed by atoms with Gasteiger partial charge in [0.05, 0.1) is 23.0 Å². The van der Waals surface area contributed by atoms with Gasteiger partial charge < -0.3 is 10.8 Å². The first-order chi connectivity index (χ1) is 20.7. The number of isocyanates is 1. The standard InChI is InChI=1S/C17H25F4N.C8H3F4NO.C3H3N3O2/c18-16-12-14(11-15(13-16)17(19,20)21)9-7-5-3-1-2-4-6-8-10-22;9-6-1-5(8(10,11)12)2-7(3-6)13-4-14;7-3(8)2-1-4-6-5-2/h11-13H,1-10,22H2;1-3H;1H,(H,7,8)(H,4,5,6). The van der Waals surface area contributed by atoms with Crippen molar-refractivity contribution >= 4 is 17.7 Å². The van der Waals surface area contributed by atoms with Crippen LogP contribution in [0.1, 0.15) is 78.5 Å². The van der Waals surface area contributed by atoms with Crippen LogP contribution in [-0.4, -0.2) is 39.1 Å². The number of unbranched alkanes of at least 4 members (excludes halogenated alkanes) is 7. The Hall–Kier alpha value is -4.17. The van der Waals surface area contributed by atoms with Gasteiger partial charge in [-0.25, -0.2) is 18.4 Å². The Bertz CT molecular complexity index is 1330. The summed E-state index contributed by atoms with van der Waals surface area (Å²) in [5.41, 5.74) is 3.28. The molecule has 0 atom stereocenters. The highest BCUT2D eigenvalue weighted by Crippen LogP contribution is 2.32. The van der Waals surface area contributed by atoms with E-state index in [1.165, 1.54) is 25.3 Å². The summed E-state index contributed by atoms with van der Waals surface area (Å²) in [6, 6.07) is 4.39. The minimum Gasteiger partial charge on any atom is -0.476 e. The molecule has 3 aromatic rings. The fourth-order valence-corrected chi connectivity index (χ4v) is 3.65. The minimum atomic E-state index is -4.66. The van der Waals surface area contributed by atoms with Crippen molar-refractivity contribution in [2.24, 2.45) is 10.7 Å². The number of nitrogens with zero attached hydrogens (tertiary/aromatic N) is 3. The van der Waals surface area contributed by atoms with E-state index in [-0.39, 0.29) is 5.69 Å². The van der Waals surface area contributed by atoms with Gasteiger partial charge in [0.25, 0.3) is 0 Å². The van der Waals surface area contributed by atoms with Crippen molar-refractivity contribution < 1.29 is 49.8 Å². The molecule has 3 rings (SSSR count). The fraction of sp³-hybridized carbons (Fsp3) is 0.429. The fourth-order valence-electron chi connectivity index (χ4n) is 3.65. The Morgan fingerprint density at radius 3 is 1.80 bits per heavy atom. The van der Waals surface area contributed by atoms with Crippen molar-refractivity contribution in [1.29, 1.82) is 0 Å². The van der Waals surface area contributed by atoms with Gasteiger partial charge in [-0.15, -0.1) is 5.10 Å². The number of aliphatic imine (C=N–C) groups is 1. The van der Waals surface area contributed by atoms with Crippen molar-refractivity contribution in [2.75, 3.05) is 6.54 Å². The van der Waals surface area contributed by atoms with Gasteiger partial charge in [0.1, 0.15) is 11.6 Å². The summed E-state index contributed by atoms with van der Waals surface area (Å²) in [5.74, 6) is -2.99. The summed E-state index contributed by atoms with van der Waals surface area (Å²) in [4.78, 5) is 22.6. The van der Waals surface area contributed by atoms with Gasteiger partial charge in [-0.1, -0.05) is 38.5 Å². The van der Waals surface area contributed by atoms with Gasteiger partial charge >= 0.3 is 18.3 Å². The van der Waals surface area contributed by atoms with Gasteiger partial charge in [-0.05, 0) is 61.7 Å². The molecule has 0 saturated heterocycles. The Morgan fingerprint density at radius 1 is 0.818 bits per heavy atom. The lowest BCUT2D eigenvalue weighted by atomic mass is 10.0. The molecule has 0 aliphatic rings.